The predicted molar refractivity (Wildman–Crippen MR) is 130 cm³/mol. The smallest absolute Gasteiger partial charge is 0.0463 e. The molecular formula is C30H32. The molecule has 0 nitrogen and oxygen atoms in total. The highest BCUT2D eigenvalue weighted by Crippen LogP contribution is 2.55. The van der Waals surface area contributed by atoms with Crippen LogP contribution in [-0.4, -0.2) is 0 Å². The van der Waals surface area contributed by atoms with Crippen LogP contribution in [0.1, 0.15) is 59.9 Å². The van der Waals surface area contributed by atoms with Crippen LogP contribution in [-0.2, 0) is 5.41 Å². The third-order valence-corrected chi connectivity index (χ3v) is 6.52. The second kappa shape index (κ2) is 8.88. The highest BCUT2D eigenvalue weighted by atomic mass is 14.5. The quantitative estimate of drug-likeness (QED) is 0.267. The highest BCUT2D eigenvalue weighted by Gasteiger charge is 2.44. The molecule has 1 aliphatic carbocycles. The lowest BCUT2D eigenvalue weighted by molar-refractivity contribution is 0.519. The Bertz CT molecular complexity index is 1000. The Morgan fingerprint density at radius 2 is 1.40 bits per heavy atom. The first-order valence-corrected chi connectivity index (χ1v) is 11.2. The van der Waals surface area contributed by atoms with Gasteiger partial charge in [-0.25, -0.2) is 0 Å². The van der Waals surface area contributed by atoms with E-state index in [1.54, 1.807) is 0 Å². The number of unbranched alkanes of at least 4 members (excludes halogenated alkanes) is 3. The van der Waals surface area contributed by atoms with Crippen molar-refractivity contribution in [3.05, 3.63) is 119 Å². The lowest BCUT2D eigenvalue weighted by Crippen LogP contribution is -2.27. The minimum absolute atomic E-state index is 0.0546. The van der Waals surface area contributed by atoms with Gasteiger partial charge < -0.3 is 0 Å². The van der Waals surface area contributed by atoms with E-state index in [2.05, 4.69) is 99.3 Å². The number of hydrogen-bond acceptors (Lipinski definition) is 0. The fourth-order valence-corrected chi connectivity index (χ4v) is 5.11. The monoisotopic (exact) mass is 392 g/mol. The van der Waals surface area contributed by atoms with Crippen molar-refractivity contribution in [1.82, 2.24) is 0 Å². The maximum Gasteiger partial charge on any atom is 0.0463 e. The number of hydrogen-bond donors (Lipinski definition) is 0. The molecule has 0 saturated carbocycles. The summed E-state index contributed by atoms with van der Waals surface area (Å²) in [7, 11) is 0. The summed E-state index contributed by atoms with van der Waals surface area (Å²) in [4.78, 5) is 0. The van der Waals surface area contributed by atoms with E-state index in [0.717, 1.165) is 12.8 Å². The van der Waals surface area contributed by atoms with E-state index in [-0.39, 0.29) is 5.41 Å². The Kier molecular flexibility index (Phi) is 6.04. The first-order valence-electron chi connectivity index (χ1n) is 11.2. The Morgan fingerprint density at radius 3 is 2.00 bits per heavy atom. The second-order valence-electron chi connectivity index (χ2n) is 8.63. The molecule has 0 fully saturated rings. The van der Waals surface area contributed by atoms with E-state index in [1.165, 1.54) is 58.2 Å². The van der Waals surface area contributed by atoms with Crippen molar-refractivity contribution >= 4 is 0 Å². The molecule has 0 spiro atoms. The topological polar surface area (TPSA) is 0 Å². The highest BCUT2D eigenvalue weighted by molar-refractivity contribution is 5.84. The molecule has 3 aromatic carbocycles. The number of fused-ring (bicyclic) bond motifs is 3. The third-order valence-electron chi connectivity index (χ3n) is 6.52. The zero-order valence-electron chi connectivity index (χ0n) is 18.3. The van der Waals surface area contributed by atoms with E-state index >= 15 is 0 Å². The van der Waals surface area contributed by atoms with Crippen LogP contribution in [0.2, 0.25) is 0 Å². The van der Waals surface area contributed by atoms with Gasteiger partial charge in [0.25, 0.3) is 0 Å². The fourth-order valence-electron chi connectivity index (χ4n) is 5.11. The molecule has 0 saturated heterocycles. The van der Waals surface area contributed by atoms with Gasteiger partial charge >= 0.3 is 0 Å². The molecule has 0 radical (unpaired) electrons. The van der Waals surface area contributed by atoms with Gasteiger partial charge in [0.15, 0.2) is 0 Å². The molecule has 30 heavy (non-hydrogen) atoms. The number of benzene rings is 3. The van der Waals surface area contributed by atoms with Crippen molar-refractivity contribution in [1.29, 1.82) is 0 Å². The van der Waals surface area contributed by atoms with Crippen molar-refractivity contribution in [2.75, 3.05) is 0 Å². The molecule has 0 unspecified atom stereocenters. The molecule has 1 aliphatic rings. The number of aryl methyl sites for hydroxylation is 2. The van der Waals surface area contributed by atoms with Gasteiger partial charge in [0.2, 0.25) is 0 Å². The standard InChI is InChI=1S/C30H32/c1-4-5-6-7-8-9-13-20-30(25-14-11-10-12-15-25)28-21-23(2)16-18-26(28)27-19-17-24(3)22-29(27)30/h4-6,10-12,14-19,21-22H,1,7-9,13,20H2,2-3H3/b6-5-. The van der Waals surface area contributed by atoms with Crippen LogP contribution in [0.15, 0.2) is 91.5 Å². The molecule has 0 N–H and O–H groups in total. The summed E-state index contributed by atoms with van der Waals surface area (Å²) >= 11 is 0. The predicted octanol–water partition coefficient (Wildman–Crippen LogP) is 8.31. The first-order chi connectivity index (χ1) is 14.7. The summed E-state index contributed by atoms with van der Waals surface area (Å²) in [6.07, 6.45) is 12.1. The van der Waals surface area contributed by atoms with Gasteiger partial charge in [-0.2, -0.15) is 0 Å². The molecule has 0 aromatic heterocycles. The van der Waals surface area contributed by atoms with Crippen molar-refractivity contribution in [3.63, 3.8) is 0 Å². The molecule has 3 aromatic rings. The molecule has 0 heteroatoms. The van der Waals surface area contributed by atoms with E-state index < -0.39 is 0 Å². The molecule has 0 heterocycles. The van der Waals surface area contributed by atoms with Gasteiger partial charge in [-0.1, -0.05) is 116 Å². The molecular weight excluding hydrogens is 360 g/mol. The average Bonchev–Trinajstić information content (AvgIpc) is 3.03. The molecule has 152 valence electrons. The third kappa shape index (κ3) is 3.67. The maximum atomic E-state index is 3.76. The Morgan fingerprint density at radius 1 is 0.767 bits per heavy atom. The summed E-state index contributed by atoms with van der Waals surface area (Å²) in [6, 6.07) is 25.2. The minimum Gasteiger partial charge on any atom is -0.0991 e. The Balaban J connectivity index is 1.78. The van der Waals surface area contributed by atoms with Crippen molar-refractivity contribution in [2.24, 2.45) is 0 Å². The molecule has 0 aliphatic heterocycles. The van der Waals surface area contributed by atoms with Crippen LogP contribution in [0.25, 0.3) is 11.1 Å². The van der Waals surface area contributed by atoms with Gasteiger partial charge in [0, 0.05) is 5.41 Å². The van der Waals surface area contributed by atoms with Crippen molar-refractivity contribution < 1.29 is 0 Å². The fraction of sp³-hybridized carbons (Fsp3) is 0.267. The second-order valence-corrected chi connectivity index (χ2v) is 8.63. The van der Waals surface area contributed by atoms with Crippen LogP contribution in [0.5, 0.6) is 0 Å². The lowest BCUT2D eigenvalue weighted by Gasteiger charge is -2.33. The van der Waals surface area contributed by atoms with E-state index in [4.69, 9.17) is 0 Å². The zero-order valence-corrected chi connectivity index (χ0v) is 18.3. The van der Waals surface area contributed by atoms with Crippen LogP contribution in [0.3, 0.4) is 0 Å². The lowest BCUT2D eigenvalue weighted by atomic mass is 9.69. The molecule has 0 atom stereocenters. The van der Waals surface area contributed by atoms with Crippen LogP contribution in [0, 0.1) is 13.8 Å². The SMILES string of the molecule is C=C/C=C\CCCCCC1(c2ccccc2)c2cc(C)ccc2-c2ccc(C)cc21. The minimum atomic E-state index is -0.0546. The van der Waals surface area contributed by atoms with Gasteiger partial charge in [0.1, 0.15) is 0 Å². The summed E-state index contributed by atoms with van der Waals surface area (Å²) in [5.74, 6) is 0. The number of rotatable bonds is 8. The number of allylic oxidation sites excluding steroid dienone is 3. The molecule has 4 rings (SSSR count). The largest absolute Gasteiger partial charge is 0.0991 e. The zero-order chi connectivity index (χ0) is 21.0. The van der Waals surface area contributed by atoms with E-state index in [0.29, 0.717) is 0 Å². The van der Waals surface area contributed by atoms with Gasteiger partial charge in [0.05, 0.1) is 0 Å². The summed E-state index contributed by atoms with van der Waals surface area (Å²) in [5.41, 5.74) is 9.85. The maximum absolute atomic E-state index is 3.76. The summed E-state index contributed by atoms with van der Waals surface area (Å²) in [6.45, 7) is 8.20. The van der Waals surface area contributed by atoms with Crippen LogP contribution >= 0.6 is 0 Å². The van der Waals surface area contributed by atoms with Gasteiger partial charge in [-0.3, -0.25) is 0 Å². The first kappa shape index (κ1) is 20.4. The summed E-state index contributed by atoms with van der Waals surface area (Å²) in [5, 5.41) is 0. The molecule has 0 amide bonds. The molecule has 0 bridgehead atoms. The van der Waals surface area contributed by atoms with Crippen molar-refractivity contribution in [3.8, 4) is 11.1 Å². The van der Waals surface area contributed by atoms with Crippen LogP contribution < -0.4 is 0 Å². The van der Waals surface area contributed by atoms with Crippen LogP contribution in [0.4, 0.5) is 0 Å². The van der Waals surface area contributed by atoms with E-state index in [1.807, 2.05) is 6.08 Å². The average molecular weight is 393 g/mol. The van der Waals surface area contributed by atoms with E-state index in [9.17, 15) is 0 Å². The van der Waals surface area contributed by atoms with Gasteiger partial charge in [-0.05, 0) is 60.9 Å². The Labute approximate surface area is 182 Å². The summed E-state index contributed by atoms with van der Waals surface area (Å²) < 4.78 is 0. The van der Waals surface area contributed by atoms with Crippen molar-refractivity contribution in [2.45, 2.75) is 51.4 Å². The Hall–Kier alpha value is -2.86. The van der Waals surface area contributed by atoms with Gasteiger partial charge in [-0.15, -0.1) is 0 Å². The normalized spacial score (nSPS) is 13.9.